The number of nitrogens with zero attached hydrogens (tertiary/aromatic N) is 2. The highest BCUT2D eigenvalue weighted by atomic mass is 79.9. The summed E-state index contributed by atoms with van der Waals surface area (Å²) in [6.45, 7) is 4.94. The van der Waals surface area contributed by atoms with Gasteiger partial charge in [0.2, 0.25) is 0 Å². The summed E-state index contributed by atoms with van der Waals surface area (Å²) in [5, 5.41) is 0.846. The average molecular weight is 473 g/mol. The molecule has 4 nitrogen and oxygen atoms in total. The molecule has 152 valence electrons. The second kappa shape index (κ2) is 8.52. The largest absolute Gasteiger partial charge is 0.485 e. The van der Waals surface area contributed by atoms with Crippen molar-refractivity contribution in [1.82, 2.24) is 4.90 Å². The Balaban J connectivity index is 1.84. The number of rotatable bonds is 5. The van der Waals surface area contributed by atoms with E-state index in [1.165, 1.54) is 0 Å². The number of benzene rings is 2. The van der Waals surface area contributed by atoms with Crippen molar-refractivity contribution in [2.75, 3.05) is 12.3 Å². The Labute approximate surface area is 184 Å². The van der Waals surface area contributed by atoms with E-state index in [9.17, 15) is 4.79 Å². The molecule has 29 heavy (non-hydrogen) atoms. The Morgan fingerprint density at radius 2 is 2.00 bits per heavy atom. The Morgan fingerprint density at radius 3 is 2.72 bits per heavy atom. The molecule has 0 fully saturated rings. The normalized spacial score (nSPS) is 23.1. The number of hydrogen-bond acceptors (Lipinski definition) is 4. The molecule has 0 N–H and O–H groups in total. The SMILES string of the molecule is CCCSC1=N[C@]2(C[C@H](c3ccccc3)Oc3ccc(Br)cc32)C(=O)N1CCC. The van der Waals surface area contributed by atoms with Crippen LogP contribution in [0.2, 0.25) is 0 Å². The molecule has 2 aromatic carbocycles. The predicted molar refractivity (Wildman–Crippen MR) is 122 cm³/mol. The van der Waals surface area contributed by atoms with Gasteiger partial charge in [-0.2, -0.15) is 0 Å². The van der Waals surface area contributed by atoms with Gasteiger partial charge in [0, 0.05) is 28.8 Å². The number of fused-ring (bicyclic) bond motifs is 2. The lowest BCUT2D eigenvalue weighted by molar-refractivity contribution is -0.133. The molecule has 0 saturated heterocycles. The van der Waals surface area contributed by atoms with Crippen LogP contribution in [-0.4, -0.2) is 28.3 Å². The summed E-state index contributed by atoms with van der Waals surface area (Å²) in [5.74, 6) is 1.76. The van der Waals surface area contributed by atoms with Gasteiger partial charge in [-0.3, -0.25) is 9.69 Å². The molecule has 2 aliphatic rings. The molecule has 6 heteroatoms. The van der Waals surface area contributed by atoms with Crippen molar-refractivity contribution in [2.45, 2.75) is 44.8 Å². The van der Waals surface area contributed by atoms with Gasteiger partial charge in [-0.15, -0.1) is 0 Å². The van der Waals surface area contributed by atoms with E-state index in [1.807, 2.05) is 41.3 Å². The van der Waals surface area contributed by atoms with E-state index in [0.717, 1.165) is 45.1 Å². The molecule has 1 amide bonds. The highest BCUT2D eigenvalue weighted by Crippen LogP contribution is 2.51. The van der Waals surface area contributed by atoms with Crippen molar-refractivity contribution in [1.29, 1.82) is 0 Å². The van der Waals surface area contributed by atoms with Gasteiger partial charge in [0.15, 0.2) is 10.7 Å². The van der Waals surface area contributed by atoms with Crippen LogP contribution in [0.1, 0.15) is 50.3 Å². The summed E-state index contributed by atoms with van der Waals surface area (Å²) in [4.78, 5) is 20.8. The zero-order chi connectivity index (χ0) is 20.4. The van der Waals surface area contributed by atoms with Crippen LogP contribution in [-0.2, 0) is 10.3 Å². The molecule has 2 aromatic rings. The van der Waals surface area contributed by atoms with Gasteiger partial charge in [-0.05, 0) is 36.6 Å². The zero-order valence-corrected chi connectivity index (χ0v) is 19.1. The number of aliphatic imine (C=N–C) groups is 1. The van der Waals surface area contributed by atoms with Crippen LogP contribution in [0, 0.1) is 0 Å². The molecule has 0 bridgehead atoms. The monoisotopic (exact) mass is 472 g/mol. The first-order valence-corrected chi connectivity index (χ1v) is 11.9. The lowest BCUT2D eigenvalue weighted by Gasteiger charge is -2.37. The third kappa shape index (κ3) is 3.73. The third-order valence-electron chi connectivity index (χ3n) is 5.31. The number of halogens is 1. The zero-order valence-electron chi connectivity index (χ0n) is 16.7. The summed E-state index contributed by atoms with van der Waals surface area (Å²) in [6, 6.07) is 16.0. The Bertz CT molecular complexity index is 934. The second-order valence-corrected chi connectivity index (χ2v) is 9.40. The Morgan fingerprint density at radius 1 is 1.21 bits per heavy atom. The van der Waals surface area contributed by atoms with Gasteiger partial charge in [-0.1, -0.05) is 71.9 Å². The van der Waals surface area contributed by atoms with Crippen molar-refractivity contribution in [3.63, 3.8) is 0 Å². The smallest absolute Gasteiger partial charge is 0.261 e. The Hall–Kier alpha value is -1.79. The standard InChI is InChI=1S/C23H25BrN2O2S/c1-3-12-26-21(27)23(25-22(26)29-13-4-2)15-20(16-8-6-5-7-9-16)28-19-11-10-17(24)14-18(19)23/h5-11,14,20H,3-4,12-13,15H2,1-2H3/t20-,23+/m1/s1. The number of amides is 1. The van der Waals surface area contributed by atoms with Gasteiger partial charge in [0.05, 0.1) is 0 Å². The van der Waals surface area contributed by atoms with Gasteiger partial charge in [0.25, 0.3) is 5.91 Å². The number of ether oxygens (including phenoxy) is 1. The van der Waals surface area contributed by atoms with Crippen LogP contribution in [0.5, 0.6) is 5.75 Å². The molecule has 4 rings (SSSR count). The first-order valence-electron chi connectivity index (χ1n) is 10.1. The number of hydrogen-bond donors (Lipinski definition) is 0. The molecular formula is C23H25BrN2O2S. The second-order valence-electron chi connectivity index (χ2n) is 7.42. The third-order valence-corrected chi connectivity index (χ3v) is 6.98. The molecule has 2 atom stereocenters. The first-order chi connectivity index (χ1) is 14.1. The molecule has 0 aromatic heterocycles. The maximum atomic E-state index is 13.8. The average Bonchev–Trinajstić information content (AvgIpc) is 3.00. The summed E-state index contributed by atoms with van der Waals surface area (Å²) in [6.07, 6.45) is 2.24. The van der Waals surface area contributed by atoms with Crippen molar-refractivity contribution in [3.8, 4) is 5.75 Å². The van der Waals surface area contributed by atoms with Gasteiger partial charge in [-0.25, -0.2) is 4.99 Å². The number of carbonyl (C=O) groups excluding carboxylic acids is 1. The lowest BCUT2D eigenvalue weighted by Crippen LogP contribution is -2.44. The molecule has 1 spiro atoms. The maximum absolute atomic E-state index is 13.8. The maximum Gasteiger partial charge on any atom is 0.261 e. The van der Waals surface area contributed by atoms with Gasteiger partial charge >= 0.3 is 0 Å². The molecule has 0 unspecified atom stereocenters. The highest BCUT2D eigenvalue weighted by Gasteiger charge is 2.54. The van der Waals surface area contributed by atoms with E-state index in [-0.39, 0.29) is 12.0 Å². The fourth-order valence-electron chi connectivity index (χ4n) is 3.97. The minimum atomic E-state index is -0.927. The molecule has 0 radical (unpaired) electrons. The van der Waals surface area contributed by atoms with Crippen LogP contribution < -0.4 is 4.74 Å². The van der Waals surface area contributed by atoms with E-state index in [2.05, 4.69) is 41.9 Å². The lowest BCUT2D eigenvalue weighted by atomic mass is 9.80. The van der Waals surface area contributed by atoms with Crippen molar-refractivity contribution in [3.05, 3.63) is 64.1 Å². The number of amidine groups is 1. The Kier molecular flexibility index (Phi) is 6.02. The topological polar surface area (TPSA) is 41.9 Å². The van der Waals surface area contributed by atoms with E-state index >= 15 is 0 Å². The summed E-state index contributed by atoms with van der Waals surface area (Å²) in [7, 11) is 0. The fraction of sp³-hybridized carbons (Fsp3) is 0.391. The van der Waals surface area contributed by atoms with E-state index in [0.29, 0.717) is 13.0 Å². The minimum absolute atomic E-state index is 0.0709. The van der Waals surface area contributed by atoms with Crippen LogP contribution in [0.15, 0.2) is 58.0 Å². The van der Waals surface area contributed by atoms with Gasteiger partial charge < -0.3 is 4.74 Å². The van der Waals surface area contributed by atoms with Gasteiger partial charge in [0.1, 0.15) is 11.9 Å². The molecule has 0 saturated carbocycles. The number of carbonyl (C=O) groups is 1. The summed E-state index contributed by atoms with van der Waals surface area (Å²) < 4.78 is 7.28. The van der Waals surface area contributed by atoms with E-state index in [4.69, 9.17) is 9.73 Å². The number of thioether (sulfide) groups is 1. The van der Waals surface area contributed by atoms with Crippen LogP contribution in [0.4, 0.5) is 0 Å². The van der Waals surface area contributed by atoms with Crippen molar-refractivity contribution in [2.24, 2.45) is 4.99 Å². The molecular weight excluding hydrogens is 448 g/mol. The first kappa shape index (κ1) is 20.5. The van der Waals surface area contributed by atoms with E-state index < -0.39 is 5.54 Å². The highest BCUT2D eigenvalue weighted by molar-refractivity contribution is 9.10. The van der Waals surface area contributed by atoms with E-state index in [1.54, 1.807) is 11.8 Å². The molecule has 0 aliphatic carbocycles. The minimum Gasteiger partial charge on any atom is -0.485 e. The summed E-state index contributed by atoms with van der Waals surface area (Å²) >= 11 is 5.25. The van der Waals surface area contributed by atoms with Crippen LogP contribution in [0.25, 0.3) is 0 Å². The molecule has 2 aliphatic heterocycles. The van der Waals surface area contributed by atoms with Crippen molar-refractivity contribution >= 4 is 38.8 Å². The van der Waals surface area contributed by atoms with Crippen LogP contribution >= 0.6 is 27.7 Å². The van der Waals surface area contributed by atoms with Crippen molar-refractivity contribution < 1.29 is 9.53 Å². The summed E-state index contributed by atoms with van der Waals surface area (Å²) in [5.41, 5.74) is 1.00. The predicted octanol–water partition coefficient (Wildman–Crippen LogP) is 5.92. The fourth-order valence-corrected chi connectivity index (χ4v) is 5.27. The molecule has 2 heterocycles. The van der Waals surface area contributed by atoms with Crippen LogP contribution in [0.3, 0.4) is 0 Å². The quantitative estimate of drug-likeness (QED) is 0.542.